The zero-order chi connectivity index (χ0) is 13.4. The van der Waals surface area contributed by atoms with Crippen LogP contribution in [0.2, 0.25) is 0 Å². The van der Waals surface area contributed by atoms with Gasteiger partial charge in [0.2, 0.25) is 0 Å². The van der Waals surface area contributed by atoms with Gasteiger partial charge in [0.1, 0.15) is 11.9 Å². The summed E-state index contributed by atoms with van der Waals surface area (Å²) in [5.41, 5.74) is 3.19. The van der Waals surface area contributed by atoms with E-state index in [1.807, 2.05) is 18.2 Å². The molecular weight excluding hydrogens is 304 g/mol. The minimum absolute atomic E-state index is 0.0794. The lowest BCUT2D eigenvalue weighted by atomic mass is 9.95. The molecule has 0 fully saturated rings. The first-order chi connectivity index (χ1) is 9.13. The van der Waals surface area contributed by atoms with E-state index in [9.17, 15) is 5.11 Å². The van der Waals surface area contributed by atoms with E-state index in [2.05, 4.69) is 47.1 Å². The van der Waals surface area contributed by atoms with Crippen LogP contribution >= 0.6 is 15.9 Å². The van der Waals surface area contributed by atoms with Gasteiger partial charge in [0.05, 0.1) is 6.10 Å². The quantitative estimate of drug-likeness (QED) is 0.848. The fraction of sp³-hybridized carbons (Fsp3) is 0.250. The third-order valence-corrected chi connectivity index (χ3v) is 3.98. The Morgan fingerprint density at radius 1 is 1.16 bits per heavy atom. The molecular formula is C16H15BrO2. The van der Waals surface area contributed by atoms with Gasteiger partial charge in [0, 0.05) is 16.5 Å². The summed E-state index contributed by atoms with van der Waals surface area (Å²) in [7, 11) is 0. The lowest BCUT2D eigenvalue weighted by Crippen LogP contribution is -2.19. The number of aliphatic hydroxyl groups excluding tert-OH is 1. The summed E-state index contributed by atoms with van der Waals surface area (Å²) >= 11 is 3.42. The summed E-state index contributed by atoms with van der Waals surface area (Å²) in [4.78, 5) is 0. The van der Waals surface area contributed by atoms with E-state index in [-0.39, 0.29) is 6.10 Å². The van der Waals surface area contributed by atoms with E-state index in [4.69, 9.17) is 4.74 Å². The Balaban J connectivity index is 1.92. The molecule has 1 aliphatic heterocycles. The average molecular weight is 319 g/mol. The van der Waals surface area contributed by atoms with Gasteiger partial charge in [0.25, 0.3) is 0 Å². The molecule has 0 aromatic heterocycles. The number of aliphatic hydroxyl groups is 1. The summed E-state index contributed by atoms with van der Waals surface area (Å²) in [5.74, 6) is 0.771. The molecule has 1 N–H and O–H groups in total. The lowest BCUT2D eigenvalue weighted by Gasteiger charge is -2.30. The van der Waals surface area contributed by atoms with Crippen molar-refractivity contribution in [2.75, 3.05) is 0 Å². The van der Waals surface area contributed by atoms with Crippen LogP contribution in [0.15, 0.2) is 46.9 Å². The maximum atomic E-state index is 10.3. The number of halogens is 1. The van der Waals surface area contributed by atoms with Crippen molar-refractivity contribution in [2.45, 2.75) is 25.6 Å². The van der Waals surface area contributed by atoms with E-state index < -0.39 is 6.10 Å². The molecule has 0 saturated heterocycles. The van der Waals surface area contributed by atoms with E-state index in [1.165, 1.54) is 5.56 Å². The normalized spacial score (nSPS) is 21.6. The Kier molecular flexibility index (Phi) is 3.33. The minimum Gasteiger partial charge on any atom is -0.485 e. The first-order valence-corrected chi connectivity index (χ1v) is 7.13. The van der Waals surface area contributed by atoms with E-state index in [0.717, 1.165) is 21.3 Å². The number of rotatable bonds is 1. The second-order valence-electron chi connectivity index (χ2n) is 4.95. The maximum Gasteiger partial charge on any atom is 0.127 e. The van der Waals surface area contributed by atoms with Crippen molar-refractivity contribution in [1.29, 1.82) is 0 Å². The van der Waals surface area contributed by atoms with Crippen molar-refractivity contribution in [3.05, 3.63) is 63.6 Å². The van der Waals surface area contributed by atoms with Crippen LogP contribution < -0.4 is 4.74 Å². The zero-order valence-corrected chi connectivity index (χ0v) is 12.2. The fourth-order valence-electron chi connectivity index (χ4n) is 2.40. The van der Waals surface area contributed by atoms with Crippen LogP contribution in [-0.4, -0.2) is 5.11 Å². The van der Waals surface area contributed by atoms with E-state index >= 15 is 0 Å². The minimum atomic E-state index is -0.479. The first kappa shape index (κ1) is 12.7. The summed E-state index contributed by atoms with van der Waals surface area (Å²) in [6.45, 7) is 2.06. The van der Waals surface area contributed by atoms with Gasteiger partial charge in [-0.1, -0.05) is 45.8 Å². The van der Waals surface area contributed by atoms with Crippen molar-refractivity contribution in [3.63, 3.8) is 0 Å². The molecule has 1 unspecified atom stereocenters. The zero-order valence-electron chi connectivity index (χ0n) is 10.6. The molecule has 2 atom stereocenters. The van der Waals surface area contributed by atoms with Gasteiger partial charge < -0.3 is 9.84 Å². The summed E-state index contributed by atoms with van der Waals surface area (Å²) in [6, 6.07) is 14.0. The van der Waals surface area contributed by atoms with Gasteiger partial charge >= 0.3 is 0 Å². The van der Waals surface area contributed by atoms with Crippen molar-refractivity contribution < 1.29 is 9.84 Å². The topological polar surface area (TPSA) is 29.5 Å². The molecule has 3 rings (SSSR count). The van der Waals surface area contributed by atoms with Crippen LogP contribution in [0, 0.1) is 6.92 Å². The fourth-order valence-corrected chi connectivity index (χ4v) is 2.78. The number of benzene rings is 2. The molecule has 2 nitrogen and oxygen atoms in total. The molecule has 0 bridgehead atoms. The van der Waals surface area contributed by atoms with Crippen LogP contribution in [0.3, 0.4) is 0 Å². The molecule has 0 saturated carbocycles. The highest BCUT2D eigenvalue weighted by Gasteiger charge is 2.27. The molecule has 0 aliphatic carbocycles. The van der Waals surface area contributed by atoms with Crippen LogP contribution in [0.5, 0.6) is 5.75 Å². The average Bonchev–Trinajstić information content (AvgIpc) is 2.40. The van der Waals surface area contributed by atoms with Crippen molar-refractivity contribution >= 4 is 15.9 Å². The highest BCUT2D eigenvalue weighted by atomic mass is 79.9. The molecule has 0 amide bonds. The SMILES string of the molecule is Cc1ccc(C2C[C@H](O)c3cc(Br)ccc3O2)cc1. The molecule has 2 aromatic rings. The molecule has 0 radical (unpaired) electrons. The van der Waals surface area contributed by atoms with Crippen molar-refractivity contribution in [2.24, 2.45) is 0 Å². The van der Waals surface area contributed by atoms with Crippen LogP contribution in [0.25, 0.3) is 0 Å². The predicted octanol–water partition coefficient (Wildman–Crippen LogP) is 4.31. The van der Waals surface area contributed by atoms with Gasteiger partial charge in [-0.05, 0) is 30.7 Å². The summed E-state index contributed by atoms with van der Waals surface area (Å²) in [5, 5.41) is 10.3. The molecule has 0 spiro atoms. The molecule has 98 valence electrons. The lowest BCUT2D eigenvalue weighted by molar-refractivity contribution is 0.0657. The monoisotopic (exact) mass is 318 g/mol. The summed E-state index contributed by atoms with van der Waals surface area (Å²) in [6.07, 6.45) is 0.0313. The third-order valence-electron chi connectivity index (χ3n) is 3.49. The van der Waals surface area contributed by atoms with Gasteiger partial charge in [-0.3, -0.25) is 0 Å². The van der Waals surface area contributed by atoms with E-state index in [1.54, 1.807) is 0 Å². The number of aryl methyl sites for hydroxylation is 1. The van der Waals surface area contributed by atoms with Gasteiger partial charge in [-0.25, -0.2) is 0 Å². The Morgan fingerprint density at radius 2 is 1.89 bits per heavy atom. The Morgan fingerprint density at radius 3 is 2.63 bits per heavy atom. The standard InChI is InChI=1S/C16H15BrO2/c1-10-2-4-11(5-3-10)16-9-14(18)13-8-12(17)6-7-15(13)19-16/h2-8,14,16,18H,9H2,1H3/t14-,16?/m0/s1. The number of ether oxygens (including phenoxy) is 1. The molecule has 3 heteroatoms. The summed E-state index contributed by atoms with van der Waals surface area (Å²) < 4.78 is 6.96. The first-order valence-electron chi connectivity index (χ1n) is 6.34. The van der Waals surface area contributed by atoms with Crippen LogP contribution in [0.1, 0.15) is 35.3 Å². The number of fused-ring (bicyclic) bond motifs is 1. The van der Waals surface area contributed by atoms with Crippen LogP contribution in [0.4, 0.5) is 0 Å². The number of hydrogen-bond acceptors (Lipinski definition) is 2. The largest absolute Gasteiger partial charge is 0.485 e. The molecule has 2 aromatic carbocycles. The number of hydrogen-bond donors (Lipinski definition) is 1. The van der Waals surface area contributed by atoms with Crippen LogP contribution in [-0.2, 0) is 0 Å². The van der Waals surface area contributed by atoms with E-state index in [0.29, 0.717) is 6.42 Å². The highest BCUT2D eigenvalue weighted by Crippen LogP contribution is 2.41. The Labute approximate surface area is 121 Å². The Hall–Kier alpha value is -1.32. The predicted molar refractivity (Wildman–Crippen MR) is 78.3 cm³/mol. The second-order valence-corrected chi connectivity index (χ2v) is 5.87. The van der Waals surface area contributed by atoms with Gasteiger partial charge in [-0.2, -0.15) is 0 Å². The molecule has 1 aliphatic rings. The second kappa shape index (κ2) is 4.99. The van der Waals surface area contributed by atoms with Crippen molar-refractivity contribution in [1.82, 2.24) is 0 Å². The molecule has 19 heavy (non-hydrogen) atoms. The third kappa shape index (κ3) is 2.53. The Bertz CT molecular complexity index is 592. The smallest absolute Gasteiger partial charge is 0.127 e. The highest BCUT2D eigenvalue weighted by molar-refractivity contribution is 9.10. The van der Waals surface area contributed by atoms with Gasteiger partial charge in [-0.15, -0.1) is 0 Å². The molecule has 1 heterocycles. The van der Waals surface area contributed by atoms with Crippen molar-refractivity contribution in [3.8, 4) is 5.75 Å². The maximum absolute atomic E-state index is 10.3. The van der Waals surface area contributed by atoms with Gasteiger partial charge in [0.15, 0.2) is 0 Å².